The highest BCUT2D eigenvalue weighted by Crippen LogP contribution is 2.75. The predicted molar refractivity (Wildman–Crippen MR) is 136 cm³/mol. The Balaban J connectivity index is 1.63. The molecule has 6 heteroatoms. The molecule has 5 aliphatic carbocycles. The third-order valence-corrected chi connectivity index (χ3v) is 13.2. The van der Waals surface area contributed by atoms with E-state index in [1.165, 1.54) is 5.57 Å². The molecule has 0 aliphatic heterocycles. The Morgan fingerprint density at radius 3 is 2.08 bits per heavy atom. The second-order valence-corrected chi connectivity index (χ2v) is 14.9. The van der Waals surface area contributed by atoms with E-state index in [9.17, 15) is 30.0 Å². The standard InChI is InChI=1S/C30H46O6/c1-25(2)13-14-30(24(35)36)18(15-25)17-7-8-19-26(3)11-10-21(31)29(6,23(33)34)20(26)9-12-27(19,4)28(17,5)16-22(30)32/h7,18-22,31-32H,8-16H2,1-6H3,(H,33,34)(H,35,36)/t18-,19+,20+,21+,22-,26-,27-,28-,29+,30-/m1/s1. The first-order valence-electron chi connectivity index (χ1n) is 14.0. The second kappa shape index (κ2) is 7.59. The summed E-state index contributed by atoms with van der Waals surface area (Å²) in [6.45, 7) is 13.0. The normalized spacial score (nSPS) is 53.7. The molecule has 0 spiro atoms. The van der Waals surface area contributed by atoms with Gasteiger partial charge in [0.25, 0.3) is 0 Å². The molecule has 5 aliphatic rings. The number of aliphatic carboxylic acids is 2. The summed E-state index contributed by atoms with van der Waals surface area (Å²) < 4.78 is 0. The molecular weight excluding hydrogens is 456 g/mol. The fourth-order valence-corrected chi connectivity index (χ4v) is 10.7. The van der Waals surface area contributed by atoms with Crippen LogP contribution in [0.2, 0.25) is 0 Å². The number of aliphatic hydroxyl groups is 2. The fraction of sp³-hybridized carbons (Fsp3) is 0.867. The number of fused-ring (bicyclic) bond motifs is 7. The number of hydrogen-bond acceptors (Lipinski definition) is 4. The van der Waals surface area contributed by atoms with Crippen molar-refractivity contribution in [2.24, 2.45) is 50.2 Å². The van der Waals surface area contributed by atoms with E-state index in [2.05, 4.69) is 40.7 Å². The minimum absolute atomic E-state index is 0.0205. The minimum atomic E-state index is -1.17. The van der Waals surface area contributed by atoms with Crippen LogP contribution in [0, 0.1) is 50.2 Å². The van der Waals surface area contributed by atoms with E-state index in [0.29, 0.717) is 19.3 Å². The summed E-state index contributed by atoms with van der Waals surface area (Å²) in [6.07, 6.45) is 6.70. The van der Waals surface area contributed by atoms with Crippen LogP contribution < -0.4 is 0 Å². The largest absolute Gasteiger partial charge is 0.481 e. The first-order chi connectivity index (χ1) is 16.5. The molecule has 36 heavy (non-hydrogen) atoms. The van der Waals surface area contributed by atoms with Gasteiger partial charge in [-0.1, -0.05) is 46.3 Å². The maximum Gasteiger partial charge on any atom is 0.312 e. The van der Waals surface area contributed by atoms with Gasteiger partial charge in [-0.05, 0) is 104 Å². The van der Waals surface area contributed by atoms with Crippen molar-refractivity contribution in [3.8, 4) is 0 Å². The summed E-state index contributed by atoms with van der Waals surface area (Å²) in [5, 5.41) is 43.3. The molecule has 0 heterocycles. The van der Waals surface area contributed by atoms with Gasteiger partial charge in [-0.15, -0.1) is 0 Å². The van der Waals surface area contributed by atoms with Crippen LogP contribution in [0.15, 0.2) is 11.6 Å². The summed E-state index contributed by atoms with van der Waals surface area (Å²) in [5.74, 6) is -1.86. The van der Waals surface area contributed by atoms with Crippen molar-refractivity contribution < 1.29 is 30.0 Å². The Kier molecular flexibility index (Phi) is 5.53. The van der Waals surface area contributed by atoms with Crippen molar-refractivity contribution in [3.63, 3.8) is 0 Å². The van der Waals surface area contributed by atoms with Gasteiger partial charge in [0.15, 0.2) is 0 Å². The number of rotatable bonds is 2. The molecule has 5 rings (SSSR count). The SMILES string of the molecule is CC1(C)CC[C@]2(C(=O)O)[C@H](O)C[C@]3(C)C(=CC[C@H]4[C@@]5(C)CC[C@H](O)[C@@](C)(C(=O)O)[C@H]5CC[C@]43C)[C@H]2C1. The van der Waals surface area contributed by atoms with Crippen molar-refractivity contribution in [2.45, 2.75) is 112 Å². The molecule has 0 amide bonds. The Labute approximate surface area is 215 Å². The van der Waals surface area contributed by atoms with E-state index in [1.54, 1.807) is 6.92 Å². The Morgan fingerprint density at radius 2 is 1.47 bits per heavy atom. The van der Waals surface area contributed by atoms with Crippen molar-refractivity contribution in [3.05, 3.63) is 11.6 Å². The van der Waals surface area contributed by atoms with Gasteiger partial charge in [-0.3, -0.25) is 9.59 Å². The highest BCUT2D eigenvalue weighted by atomic mass is 16.4. The highest BCUT2D eigenvalue weighted by Gasteiger charge is 2.72. The average molecular weight is 503 g/mol. The molecule has 0 aromatic heterocycles. The van der Waals surface area contributed by atoms with Gasteiger partial charge >= 0.3 is 11.9 Å². The average Bonchev–Trinajstić information content (AvgIpc) is 2.76. The maximum atomic E-state index is 12.8. The zero-order valence-corrected chi connectivity index (χ0v) is 22.9. The Morgan fingerprint density at radius 1 is 0.806 bits per heavy atom. The maximum absolute atomic E-state index is 12.8. The van der Waals surface area contributed by atoms with E-state index in [1.807, 2.05) is 0 Å². The quantitative estimate of drug-likeness (QED) is 0.383. The zero-order chi connectivity index (χ0) is 26.7. The van der Waals surface area contributed by atoms with Crippen molar-refractivity contribution in [1.82, 2.24) is 0 Å². The van der Waals surface area contributed by atoms with Crippen LogP contribution in [0.25, 0.3) is 0 Å². The monoisotopic (exact) mass is 502 g/mol. The first kappa shape index (κ1) is 26.2. The van der Waals surface area contributed by atoms with E-state index in [4.69, 9.17) is 0 Å². The summed E-state index contributed by atoms with van der Waals surface area (Å²) >= 11 is 0. The molecule has 0 saturated heterocycles. The third-order valence-electron chi connectivity index (χ3n) is 13.2. The summed E-state index contributed by atoms with van der Waals surface area (Å²) in [7, 11) is 0. The van der Waals surface area contributed by atoms with Gasteiger partial charge in [-0.2, -0.15) is 0 Å². The van der Waals surface area contributed by atoms with Gasteiger partial charge < -0.3 is 20.4 Å². The van der Waals surface area contributed by atoms with E-state index < -0.39 is 35.0 Å². The van der Waals surface area contributed by atoms with Gasteiger partial charge in [0.2, 0.25) is 0 Å². The van der Waals surface area contributed by atoms with Crippen molar-refractivity contribution >= 4 is 11.9 Å². The summed E-state index contributed by atoms with van der Waals surface area (Å²) in [5.41, 5.74) is -1.82. The van der Waals surface area contributed by atoms with Crippen LogP contribution in [-0.4, -0.2) is 44.6 Å². The molecule has 0 radical (unpaired) electrons. The van der Waals surface area contributed by atoms with Crippen LogP contribution in [-0.2, 0) is 9.59 Å². The molecule has 0 aromatic carbocycles. The Bertz CT molecular complexity index is 1020. The second-order valence-electron chi connectivity index (χ2n) is 14.9. The van der Waals surface area contributed by atoms with E-state index in [0.717, 1.165) is 38.5 Å². The van der Waals surface area contributed by atoms with Crippen LogP contribution in [0.1, 0.15) is 99.3 Å². The molecule has 4 N–H and O–H groups in total. The number of hydrogen-bond donors (Lipinski definition) is 4. The topological polar surface area (TPSA) is 115 Å². The lowest BCUT2D eigenvalue weighted by molar-refractivity contribution is -0.225. The lowest BCUT2D eigenvalue weighted by Gasteiger charge is -2.71. The molecule has 0 bridgehead atoms. The number of carboxylic acid groups (broad SMARTS) is 2. The number of carbonyl (C=O) groups is 2. The molecular formula is C30H46O6. The van der Waals surface area contributed by atoms with Gasteiger partial charge in [-0.25, -0.2) is 0 Å². The number of carboxylic acids is 2. The van der Waals surface area contributed by atoms with Crippen LogP contribution in [0.3, 0.4) is 0 Å². The van der Waals surface area contributed by atoms with Crippen molar-refractivity contribution in [1.29, 1.82) is 0 Å². The molecule has 4 fully saturated rings. The minimum Gasteiger partial charge on any atom is -0.481 e. The predicted octanol–water partition coefficient (Wildman–Crippen LogP) is 5.27. The summed E-state index contributed by atoms with van der Waals surface area (Å²) in [4.78, 5) is 25.3. The van der Waals surface area contributed by atoms with Crippen LogP contribution in [0.4, 0.5) is 0 Å². The fourth-order valence-electron chi connectivity index (χ4n) is 10.7. The molecule has 6 nitrogen and oxygen atoms in total. The van der Waals surface area contributed by atoms with E-state index in [-0.39, 0.29) is 39.4 Å². The first-order valence-corrected chi connectivity index (χ1v) is 14.0. The van der Waals surface area contributed by atoms with Crippen LogP contribution in [0.5, 0.6) is 0 Å². The van der Waals surface area contributed by atoms with Gasteiger partial charge in [0.1, 0.15) is 5.41 Å². The number of allylic oxidation sites excluding steroid dienone is 2. The van der Waals surface area contributed by atoms with Gasteiger partial charge in [0, 0.05) is 0 Å². The summed E-state index contributed by atoms with van der Waals surface area (Å²) in [6, 6.07) is 0. The Hall–Kier alpha value is -1.40. The lowest BCUT2D eigenvalue weighted by Crippen LogP contribution is -2.68. The number of aliphatic hydroxyl groups excluding tert-OH is 2. The van der Waals surface area contributed by atoms with Gasteiger partial charge in [0.05, 0.1) is 17.6 Å². The molecule has 0 unspecified atom stereocenters. The molecule has 10 atom stereocenters. The zero-order valence-electron chi connectivity index (χ0n) is 22.9. The molecule has 202 valence electrons. The molecule has 0 aromatic rings. The smallest absolute Gasteiger partial charge is 0.312 e. The lowest BCUT2D eigenvalue weighted by atomic mass is 9.33. The van der Waals surface area contributed by atoms with Crippen molar-refractivity contribution in [2.75, 3.05) is 0 Å². The molecule has 4 saturated carbocycles. The highest BCUT2D eigenvalue weighted by molar-refractivity contribution is 5.78. The third kappa shape index (κ3) is 2.92. The van der Waals surface area contributed by atoms with E-state index >= 15 is 0 Å². The van der Waals surface area contributed by atoms with Crippen LogP contribution >= 0.6 is 0 Å².